The Kier molecular flexibility index (Phi) is 5.94. The summed E-state index contributed by atoms with van der Waals surface area (Å²) in [5, 5.41) is 0.364. The fourth-order valence-corrected chi connectivity index (χ4v) is 2.19. The smallest absolute Gasteiger partial charge is 0.344 e. The minimum atomic E-state index is -0.527. The quantitative estimate of drug-likeness (QED) is 0.451. The molecule has 0 aliphatic rings. The predicted molar refractivity (Wildman–Crippen MR) is 89.7 cm³/mol. The predicted octanol–water partition coefficient (Wildman–Crippen LogP) is 4.06. The van der Waals surface area contributed by atoms with E-state index >= 15 is 0 Å². The SMILES string of the molecule is [C-]#[N+]c1cccc(C(=O)c2cc(Cl)ccc2OCC(=O)OCC)c1. The maximum atomic E-state index is 12.7. The van der Waals surface area contributed by atoms with Crippen LogP contribution in [0.2, 0.25) is 5.02 Å². The number of carbonyl (C=O) groups is 2. The number of esters is 1. The number of benzene rings is 2. The van der Waals surface area contributed by atoms with E-state index in [1.54, 1.807) is 31.2 Å². The molecule has 6 heteroatoms. The highest BCUT2D eigenvalue weighted by Crippen LogP contribution is 2.27. The summed E-state index contributed by atoms with van der Waals surface area (Å²) in [5.41, 5.74) is 0.914. The summed E-state index contributed by atoms with van der Waals surface area (Å²) in [4.78, 5) is 27.4. The van der Waals surface area contributed by atoms with Crippen LogP contribution in [-0.2, 0) is 9.53 Å². The summed E-state index contributed by atoms with van der Waals surface area (Å²) in [5.74, 6) is -0.645. The number of nitrogens with zero attached hydrogens (tertiary/aromatic N) is 1. The number of carbonyl (C=O) groups excluding carboxylic acids is 2. The van der Waals surface area contributed by atoms with Crippen molar-refractivity contribution in [2.75, 3.05) is 13.2 Å². The second-order valence-electron chi connectivity index (χ2n) is 4.73. The van der Waals surface area contributed by atoms with Crippen LogP contribution in [0.3, 0.4) is 0 Å². The lowest BCUT2D eigenvalue weighted by atomic mass is 10.0. The molecule has 2 rings (SSSR count). The van der Waals surface area contributed by atoms with Crippen LogP contribution in [0.5, 0.6) is 5.75 Å². The van der Waals surface area contributed by atoms with Gasteiger partial charge in [0.15, 0.2) is 18.1 Å². The lowest BCUT2D eigenvalue weighted by Crippen LogP contribution is -2.16. The summed E-state index contributed by atoms with van der Waals surface area (Å²) in [6.07, 6.45) is 0. The zero-order chi connectivity index (χ0) is 17.5. The fraction of sp³-hybridized carbons (Fsp3) is 0.167. The number of rotatable bonds is 6. The van der Waals surface area contributed by atoms with Gasteiger partial charge in [0.05, 0.1) is 18.7 Å². The average Bonchev–Trinajstić information content (AvgIpc) is 2.60. The second-order valence-corrected chi connectivity index (χ2v) is 5.16. The minimum Gasteiger partial charge on any atom is -0.481 e. The van der Waals surface area contributed by atoms with Gasteiger partial charge < -0.3 is 9.47 Å². The van der Waals surface area contributed by atoms with Crippen LogP contribution in [0.4, 0.5) is 5.69 Å². The number of ketones is 1. The standard InChI is InChI=1S/C18H14ClNO4/c1-3-23-17(21)11-24-16-8-7-13(19)10-15(16)18(22)12-5-4-6-14(9-12)20-2/h4-10H,3,11H2,1H3. The average molecular weight is 344 g/mol. The van der Waals surface area contributed by atoms with Crippen LogP contribution < -0.4 is 4.74 Å². The third-order valence-electron chi connectivity index (χ3n) is 3.07. The number of hydrogen-bond acceptors (Lipinski definition) is 4. The Morgan fingerprint density at radius 1 is 1.21 bits per heavy atom. The highest BCUT2D eigenvalue weighted by molar-refractivity contribution is 6.31. The minimum absolute atomic E-state index is 0.217. The van der Waals surface area contributed by atoms with Gasteiger partial charge in [-0.1, -0.05) is 29.8 Å². The Morgan fingerprint density at radius 3 is 2.71 bits per heavy atom. The molecule has 0 N–H and O–H groups in total. The molecule has 0 aliphatic heterocycles. The first-order valence-corrected chi connectivity index (χ1v) is 7.53. The summed E-state index contributed by atoms with van der Waals surface area (Å²) >= 11 is 5.97. The Balaban J connectivity index is 2.31. The first kappa shape index (κ1) is 17.5. The Morgan fingerprint density at radius 2 is 2.00 bits per heavy atom. The van der Waals surface area contributed by atoms with Crippen LogP contribution in [-0.4, -0.2) is 25.0 Å². The van der Waals surface area contributed by atoms with E-state index < -0.39 is 5.97 Å². The molecule has 24 heavy (non-hydrogen) atoms. The molecule has 5 nitrogen and oxygen atoms in total. The molecule has 0 aliphatic carbocycles. The molecule has 0 fully saturated rings. The van der Waals surface area contributed by atoms with Crippen molar-refractivity contribution in [3.8, 4) is 5.75 Å². The van der Waals surface area contributed by atoms with Crippen molar-refractivity contribution < 1.29 is 19.1 Å². The van der Waals surface area contributed by atoms with E-state index in [9.17, 15) is 9.59 Å². The lowest BCUT2D eigenvalue weighted by molar-refractivity contribution is -0.145. The van der Waals surface area contributed by atoms with Crippen molar-refractivity contribution >= 4 is 29.0 Å². The largest absolute Gasteiger partial charge is 0.481 e. The molecular formula is C18H14ClNO4. The van der Waals surface area contributed by atoms with Crippen LogP contribution in [0.1, 0.15) is 22.8 Å². The van der Waals surface area contributed by atoms with E-state index in [0.29, 0.717) is 16.3 Å². The van der Waals surface area contributed by atoms with Gasteiger partial charge in [-0.15, -0.1) is 0 Å². The normalized spacial score (nSPS) is 9.88. The van der Waals surface area contributed by atoms with E-state index in [4.69, 9.17) is 27.6 Å². The van der Waals surface area contributed by atoms with Gasteiger partial charge in [0.2, 0.25) is 0 Å². The maximum absolute atomic E-state index is 12.7. The molecule has 0 saturated carbocycles. The molecule has 0 spiro atoms. The fourth-order valence-electron chi connectivity index (χ4n) is 2.02. The topological polar surface area (TPSA) is 57.0 Å². The van der Waals surface area contributed by atoms with Crippen LogP contribution in [0.15, 0.2) is 42.5 Å². The van der Waals surface area contributed by atoms with Crippen LogP contribution in [0, 0.1) is 6.57 Å². The summed E-state index contributed by atoms with van der Waals surface area (Å²) < 4.78 is 10.2. The van der Waals surface area contributed by atoms with E-state index in [-0.39, 0.29) is 30.3 Å². The van der Waals surface area contributed by atoms with E-state index in [2.05, 4.69) is 4.85 Å². The first-order valence-electron chi connectivity index (χ1n) is 7.15. The third kappa shape index (κ3) is 4.34. The highest BCUT2D eigenvalue weighted by Gasteiger charge is 2.17. The van der Waals surface area contributed by atoms with Crippen LogP contribution in [0.25, 0.3) is 4.85 Å². The maximum Gasteiger partial charge on any atom is 0.344 e. The van der Waals surface area contributed by atoms with Gasteiger partial charge in [-0.3, -0.25) is 4.79 Å². The Hall–Kier alpha value is -2.84. The van der Waals surface area contributed by atoms with Crippen molar-refractivity contribution in [2.45, 2.75) is 6.92 Å². The first-order chi connectivity index (χ1) is 11.5. The van der Waals surface area contributed by atoms with Gasteiger partial charge >= 0.3 is 5.97 Å². The van der Waals surface area contributed by atoms with Gasteiger partial charge in [-0.05, 0) is 31.2 Å². The van der Waals surface area contributed by atoms with Gasteiger partial charge in [0, 0.05) is 10.6 Å². The van der Waals surface area contributed by atoms with Gasteiger partial charge in [-0.2, -0.15) is 0 Å². The molecule has 122 valence electrons. The molecule has 0 amide bonds. The van der Waals surface area contributed by atoms with E-state index in [1.807, 2.05) is 0 Å². The molecular weight excluding hydrogens is 330 g/mol. The van der Waals surface area contributed by atoms with Gasteiger partial charge in [0.25, 0.3) is 0 Å². The molecule has 0 aromatic heterocycles. The monoisotopic (exact) mass is 343 g/mol. The van der Waals surface area contributed by atoms with Crippen molar-refractivity contribution in [3.63, 3.8) is 0 Å². The number of halogens is 1. The third-order valence-corrected chi connectivity index (χ3v) is 3.31. The van der Waals surface area contributed by atoms with Crippen LogP contribution >= 0.6 is 11.6 Å². The van der Waals surface area contributed by atoms with Crippen molar-refractivity contribution in [3.05, 3.63) is 70.0 Å². The van der Waals surface area contributed by atoms with E-state index in [0.717, 1.165) is 0 Å². The molecule has 0 atom stereocenters. The molecule has 0 unspecified atom stereocenters. The molecule has 2 aromatic rings. The van der Waals surface area contributed by atoms with E-state index in [1.165, 1.54) is 18.2 Å². The second kappa shape index (κ2) is 8.14. The molecule has 0 saturated heterocycles. The number of hydrogen-bond donors (Lipinski definition) is 0. The molecule has 2 aromatic carbocycles. The highest BCUT2D eigenvalue weighted by atomic mass is 35.5. The zero-order valence-electron chi connectivity index (χ0n) is 12.9. The summed E-state index contributed by atoms with van der Waals surface area (Å²) in [6, 6.07) is 10.9. The number of ether oxygens (including phenoxy) is 2. The van der Waals surface area contributed by atoms with Crippen molar-refractivity contribution in [2.24, 2.45) is 0 Å². The van der Waals surface area contributed by atoms with Gasteiger partial charge in [0.1, 0.15) is 5.75 Å². The Labute approximate surface area is 144 Å². The van der Waals surface area contributed by atoms with Crippen molar-refractivity contribution in [1.82, 2.24) is 0 Å². The lowest BCUT2D eigenvalue weighted by Gasteiger charge is -2.11. The van der Waals surface area contributed by atoms with Gasteiger partial charge in [-0.25, -0.2) is 9.64 Å². The zero-order valence-corrected chi connectivity index (χ0v) is 13.7. The molecule has 0 radical (unpaired) electrons. The summed E-state index contributed by atoms with van der Waals surface area (Å²) in [7, 11) is 0. The van der Waals surface area contributed by atoms with Crippen molar-refractivity contribution in [1.29, 1.82) is 0 Å². The summed E-state index contributed by atoms with van der Waals surface area (Å²) in [6.45, 7) is 8.67. The molecule has 0 heterocycles. The molecule has 0 bridgehead atoms. The Bertz CT molecular complexity index is 811.